The number of sulfonamides is 1. The molecular formula is C31H37Cl2N3O4S. The van der Waals surface area contributed by atoms with E-state index < -0.39 is 28.5 Å². The van der Waals surface area contributed by atoms with Crippen LogP contribution in [-0.4, -0.2) is 44.3 Å². The number of halogens is 2. The molecule has 41 heavy (non-hydrogen) atoms. The lowest BCUT2D eigenvalue weighted by atomic mass is 10.1. The van der Waals surface area contributed by atoms with Gasteiger partial charge in [0.25, 0.3) is 10.0 Å². The highest BCUT2D eigenvalue weighted by Crippen LogP contribution is 2.30. The third-order valence-corrected chi connectivity index (χ3v) is 9.36. The second-order valence-electron chi connectivity index (χ2n) is 9.90. The Morgan fingerprint density at radius 1 is 0.902 bits per heavy atom. The minimum Gasteiger partial charge on any atom is -0.354 e. The van der Waals surface area contributed by atoms with Crippen molar-refractivity contribution in [3.8, 4) is 0 Å². The number of carbonyl (C=O) groups is 2. The van der Waals surface area contributed by atoms with Gasteiger partial charge in [0.15, 0.2) is 0 Å². The molecule has 3 rings (SSSR count). The first-order valence-electron chi connectivity index (χ1n) is 13.7. The highest BCUT2D eigenvalue weighted by atomic mass is 35.5. The monoisotopic (exact) mass is 617 g/mol. The molecule has 0 fully saturated rings. The molecule has 0 radical (unpaired) electrons. The summed E-state index contributed by atoms with van der Waals surface area (Å²) in [7, 11) is -4.15. The van der Waals surface area contributed by atoms with Gasteiger partial charge in [-0.25, -0.2) is 8.42 Å². The van der Waals surface area contributed by atoms with Crippen LogP contribution in [0.1, 0.15) is 49.8 Å². The molecule has 0 bridgehead atoms. The minimum atomic E-state index is -4.15. The second kappa shape index (κ2) is 14.7. The fourth-order valence-corrected chi connectivity index (χ4v) is 6.47. The lowest BCUT2D eigenvalue weighted by molar-refractivity contribution is -0.140. The molecule has 0 aliphatic rings. The van der Waals surface area contributed by atoms with E-state index in [2.05, 4.69) is 5.32 Å². The predicted octanol–water partition coefficient (Wildman–Crippen LogP) is 6.53. The molecule has 1 atom stereocenters. The van der Waals surface area contributed by atoms with E-state index in [1.165, 1.54) is 17.0 Å². The van der Waals surface area contributed by atoms with Gasteiger partial charge in [0.1, 0.15) is 12.6 Å². The van der Waals surface area contributed by atoms with Gasteiger partial charge in [0.05, 0.1) is 10.6 Å². The Morgan fingerprint density at radius 2 is 1.54 bits per heavy atom. The van der Waals surface area contributed by atoms with Crippen molar-refractivity contribution < 1.29 is 18.0 Å². The number of aryl methyl sites for hydroxylation is 2. The Balaban J connectivity index is 2.09. The SMILES string of the molecule is CCCCNC(=O)[C@@H](CC)N(Cc1c(Cl)cccc1Cl)C(=O)CN(c1ccccc1C)S(=O)(=O)c1ccc(C)cc1. The maximum Gasteiger partial charge on any atom is 0.264 e. The minimum absolute atomic E-state index is 0.0594. The molecule has 220 valence electrons. The molecule has 0 saturated heterocycles. The summed E-state index contributed by atoms with van der Waals surface area (Å²) in [6.07, 6.45) is 2.00. The lowest BCUT2D eigenvalue weighted by Crippen LogP contribution is -2.52. The number of nitrogens with one attached hydrogen (secondary N) is 1. The largest absolute Gasteiger partial charge is 0.354 e. The number of hydrogen-bond acceptors (Lipinski definition) is 4. The van der Waals surface area contributed by atoms with Crippen molar-refractivity contribution in [2.75, 3.05) is 17.4 Å². The summed E-state index contributed by atoms with van der Waals surface area (Å²) < 4.78 is 29.1. The van der Waals surface area contributed by atoms with E-state index in [0.29, 0.717) is 39.8 Å². The number of rotatable bonds is 13. The van der Waals surface area contributed by atoms with E-state index in [9.17, 15) is 18.0 Å². The number of carbonyl (C=O) groups excluding carboxylic acids is 2. The fourth-order valence-electron chi connectivity index (χ4n) is 4.47. The molecule has 0 heterocycles. The van der Waals surface area contributed by atoms with Crippen molar-refractivity contribution in [3.63, 3.8) is 0 Å². The number of benzene rings is 3. The van der Waals surface area contributed by atoms with Crippen LogP contribution >= 0.6 is 23.2 Å². The summed E-state index contributed by atoms with van der Waals surface area (Å²) in [6.45, 7) is 7.36. The average Bonchev–Trinajstić information content (AvgIpc) is 2.94. The third-order valence-electron chi connectivity index (χ3n) is 6.88. The average molecular weight is 619 g/mol. The molecule has 10 heteroatoms. The second-order valence-corrected chi connectivity index (χ2v) is 12.6. The molecule has 0 aliphatic carbocycles. The highest BCUT2D eigenvalue weighted by Gasteiger charge is 2.34. The Bertz CT molecular complexity index is 1440. The van der Waals surface area contributed by atoms with Crippen LogP contribution < -0.4 is 9.62 Å². The van der Waals surface area contributed by atoms with Gasteiger partial charge < -0.3 is 10.2 Å². The summed E-state index contributed by atoms with van der Waals surface area (Å²) in [5, 5.41) is 3.60. The van der Waals surface area contributed by atoms with Crippen molar-refractivity contribution >= 4 is 50.7 Å². The van der Waals surface area contributed by atoms with Crippen LogP contribution in [0.25, 0.3) is 0 Å². The maximum absolute atomic E-state index is 14.2. The van der Waals surface area contributed by atoms with Crippen molar-refractivity contribution in [3.05, 3.63) is 93.5 Å². The van der Waals surface area contributed by atoms with Crippen molar-refractivity contribution in [1.29, 1.82) is 0 Å². The highest BCUT2D eigenvalue weighted by molar-refractivity contribution is 7.92. The van der Waals surface area contributed by atoms with E-state index in [4.69, 9.17) is 23.2 Å². The van der Waals surface area contributed by atoms with Gasteiger partial charge in [-0.2, -0.15) is 0 Å². The molecule has 3 aromatic carbocycles. The molecule has 0 aliphatic heterocycles. The van der Waals surface area contributed by atoms with E-state index in [-0.39, 0.29) is 17.3 Å². The normalized spacial score (nSPS) is 12.0. The molecule has 7 nitrogen and oxygen atoms in total. The molecule has 0 spiro atoms. The molecule has 0 unspecified atom stereocenters. The molecular weight excluding hydrogens is 581 g/mol. The Morgan fingerprint density at radius 3 is 2.12 bits per heavy atom. The fraction of sp³-hybridized carbons (Fsp3) is 0.355. The van der Waals surface area contributed by atoms with Gasteiger partial charge in [-0.3, -0.25) is 13.9 Å². The van der Waals surface area contributed by atoms with Gasteiger partial charge in [-0.1, -0.05) is 85.4 Å². The van der Waals surface area contributed by atoms with Crippen LogP contribution in [0.15, 0.2) is 71.6 Å². The summed E-state index contributed by atoms with van der Waals surface area (Å²) in [4.78, 5) is 28.9. The van der Waals surface area contributed by atoms with Gasteiger partial charge in [0.2, 0.25) is 11.8 Å². The summed E-state index contributed by atoms with van der Waals surface area (Å²) in [5.41, 5.74) is 2.44. The standard InChI is InChI=1S/C31H37Cl2N3O4S/c1-5-7-19-34-31(38)28(6-2)35(20-25-26(32)12-10-13-27(25)33)30(37)21-36(29-14-9-8-11-23(29)4)41(39,40)24-17-15-22(3)16-18-24/h8-18,28H,5-7,19-21H2,1-4H3,(H,34,38)/t28-/m1/s1. The van der Waals surface area contributed by atoms with E-state index in [1.807, 2.05) is 13.8 Å². The van der Waals surface area contributed by atoms with E-state index in [0.717, 1.165) is 22.7 Å². The Labute approximate surface area is 253 Å². The summed E-state index contributed by atoms with van der Waals surface area (Å²) in [6, 6.07) is 17.6. The van der Waals surface area contributed by atoms with Gasteiger partial charge in [-0.15, -0.1) is 0 Å². The molecule has 0 aromatic heterocycles. The first-order valence-corrected chi connectivity index (χ1v) is 15.9. The third kappa shape index (κ3) is 8.03. The number of unbranched alkanes of at least 4 members (excludes halogenated alkanes) is 1. The topological polar surface area (TPSA) is 86.8 Å². The zero-order valence-corrected chi connectivity index (χ0v) is 26.2. The first kappa shape index (κ1) is 32.4. The van der Waals surface area contributed by atoms with Crippen LogP contribution in [0.4, 0.5) is 5.69 Å². The van der Waals surface area contributed by atoms with Crippen molar-refractivity contribution in [1.82, 2.24) is 10.2 Å². The van der Waals surface area contributed by atoms with Crippen LogP contribution in [0.5, 0.6) is 0 Å². The number of amides is 2. The zero-order chi connectivity index (χ0) is 30.2. The molecule has 1 N–H and O–H groups in total. The van der Waals surface area contributed by atoms with Crippen LogP contribution in [0.2, 0.25) is 10.0 Å². The summed E-state index contributed by atoms with van der Waals surface area (Å²) in [5.74, 6) is -0.876. The zero-order valence-electron chi connectivity index (χ0n) is 23.9. The van der Waals surface area contributed by atoms with Crippen molar-refractivity contribution in [2.24, 2.45) is 0 Å². The lowest BCUT2D eigenvalue weighted by Gasteiger charge is -2.34. The van der Waals surface area contributed by atoms with Gasteiger partial charge >= 0.3 is 0 Å². The summed E-state index contributed by atoms with van der Waals surface area (Å²) >= 11 is 12.9. The van der Waals surface area contributed by atoms with Crippen molar-refractivity contribution in [2.45, 2.75) is 64.4 Å². The van der Waals surface area contributed by atoms with Gasteiger partial charge in [-0.05, 0) is 62.6 Å². The number of hydrogen-bond donors (Lipinski definition) is 1. The Hall–Kier alpha value is -3.07. The molecule has 0 saturated carbocycles. The smallest absolute Gasteiger partial charge is 0.264 e. The molecule has 2 amide bonds. The first-order chi connectivity index (χ1) is 19.5. The maximum atomic E-state index is 14.2. The Kier molecular flexibility index (Phi) is 11.6. The van der Waals surface area contributed by atoms with Crippen LogP contribution in [0.3, 0.4) is 0 Å². The van der Waals surface area contributed by atoms with Crippen LogP contribution in [-0.2, 0) is 26.2 Å². The quantitative estimate of drug-likeness (QED) is 0.221. The van der Waals surface area contributed by atoms with E-state index in [1.54, 1.807) is 68.4 Å². The number of anilines is 1. The predicted molar refractivity (Wildman–Crippen MR) is 166 cm³/mol. The van der Waals surface area contributed by atoms with E-state index >= 15 is 0 Å². The van der Waals surface area contributed by atoms with Crippen LogP contribution in [0, 0.1) is 13.8 Å². The number of nitrogens with zero attached hydrogens (tertiary/aromatic N) is 2. The number of para-hydroxylation sites is 1. The van der Waals surface area contributed by atoms with Gasteiger partial charge in [0, 0.05) is 28.7 Å². The molecule has 3 aromatic rings.